The molecule has 0 aromatic heterocycles. The number of carbonyl (C=O) groups excluding carboxylic acids is 1. The zero-order chi connectivity index (χ0) is 17.4. The fraction of sp³-hybridized carbons (Fsp3) is 0.500. The summed E-state index contributed by atoms with van der Waals surface area (Å²) in [7, 11) is -4.01. The highest BCUT2D eigenvalue weighted by atomic mass is 35.5. The summed E-state index contributed by atoms with van der Waals surface area (Å²) in [5, 5.41) is 2.31. The summed E-state index contributed by atoms with van der Waals surface area (Å²) in [4.78, 5) is 10.5. The highest BCUT2D eigenvalue weighted by Gasteiger charge is 2.40. The molecule has 1 saturated heterocycles. The van der Waals surface area contributed by atoms with E-state index in [4.69, 9.17) is 17.3 Å². The van der Waals surface area contributed by atoms with Crippen LogP contribution in [0.4, 0.5) is 10.1 Å². The summed E-state index contributed by atoms with van der Waals surface area (Å²) < 4.78 is 40.8. The number of halogens is 3. The number of hydrogen-bond donors (Lipinski definition) is 2. The first-order chi connectivity index (χ1) is 10.6. The predicted molar refractivity (Wildman–Crippen MR) is 93.5 cm³/mol. The Morgan fingerprint density at radius 1 is 1.50 bits per heavy atom. The van der Waals surface area contributed by atoms with Gasteiger partial charge in [0, 0.05) is 26.1 Å². The fourth-order valence-electron chi connectivity index (χ4n) is 2.50. The van der Waals surface area contributed by atoms with Crippen LogP contribution in [0.2, 0.25) is 5.02 Å². The Morgan fingerprint density at radius 3 is 2.62 bits per heavy atom. The predicted octanol–water partition coefficient (Wildman–Crippen LogP) is 2.22. The third-order valence-corrected chi connectivity index (χ3v) is 6.14. The third kappa shape index (κ3) is 4.18. The van der Waals surface area contributed by atoms with E-state index in [-0.39, 0.29) is 41.6 Å². The molecule has 0 spiro atoms. The molecule has 1 aliphatic rings. The smallest absolute Gasteiger partial charge is 0.246 e. The Balaban J connectivity index is 0.00000288. The molecular weight excluding hydrogens is 380 g/mol. The summed E-state index contributed by atoms with van der Waals surface area (Å²) in [6.45, 7) is 4.00. The SMILES string of the molecule is CC(=O)Nc1cc(F)c(S(=O)(=O)N2CCC(C)(CN)C2)cc1Cl.Cl. The quantitative estimate of drug-likeness (QED) is 0.811. The van der Waals surface area contributed by atoms with Gasteiger partial charge < -0.3 is 11.1 Å². The first-order valence-electron chi connectivity index (χ1n) is 7.06. The molecule has 0 bridgehead atoms. The number of nitrogens with one attached hydrogen (secondary N) is 1. The van der Waals surface area contributed by atoms with E-state index in [1.807, 2.05) is 6.92 Å². The number of anilines is 1. The lowest BCUT2D eigenvalue weighted by Gasteiger charge is -2.22. The monoisotopic (exact) mass is 399 g/mol. The van der Waals surface area contributed by atoms with Gasteiger partial charge in [0.15, 0.2) is 0 Å². The van der Waals surface area contributed by atoms with Gasteiger partial charge in [-0.2, -0.15) is 4.31 Å². The molecule has 2 rings (SSSR count). The van der Waals surface area contributed by atoms with Crippen molar-refractivity contribution in [2.24, 2.45) is 11.1 Å². The van der Waals surface area contributed by atoms with Crippen LogP contribution >= 0.6 is 24.0 Å². The molecule has 1 aromatic carbocycles. The van der Waals surface area contributed by atoms with E-state index in [0.717, 1.165) is 12.1 Å². The maximum absolute atomic E-state index is 14.3. The van der Waals surface area contributed by atoms with Crippen molar-refractivity contribution >= 4 is 45.6 Å². The lowest BCUT2D eigenvalue weighted by Crippen LogP contribution is -2.34. The van der Waals surface area contributed by atoms with Gasteiger partial charge in [-0.05, 0) is 24.4 Å². The van der Waals surface area contributed by atoms with Gasteiger partial charge in [-0.1, -0.05) is 18.5 Å². The van der Waals surface area contributed by atoms with Crippen molar-refractivity contribution in [2.45, 2.75) is 25.2 Å². The van der Waals surface area contributed by atoms with E-state index in [9.17, 15) is 17.6 Å². The number of rotatable bonds is 4. The normalized spacial score (nSPS) is 21.4. The van der Waals surface area contributed by atoms with E-state index in [1.54, 1.807) is 0 Å². The topological polar surface area (TPSA) is 92.5 Å². The zero-order valence-electron chi connectivity index (χ0n) is 13.3. The molecule has 24 heavy (non-hydrogen) atoms. The van der Waals surface area contributed by atoms with Crippen LogP contribution in [0.15, 0.2) is 17.0 Å². The van der Waals surface area contributed by atoms with Gasteiger partial charge in [-0.25, -0.2) is 12.8 Å². The lowest BCUT2D eigenvalue weighted by atomic mass is 9.90. The van der Waals surface area contributed by atoms with Crippen LogP contribution in [0.5, 0.6) is 0 Å². The van der Waals surface area contributed by atoms with Gasteiger partial charge >= 0.3 is 0 Å². The van der Waals surface area contributed by atoms with Crippen LogP contribution in [-0.4, -0.2) is 38.3 Å². The molecule has 1 aliphatic heterocycles. The molecule has 1 unspecified atom stereocenters. The molecule has 0 radical (unpaired) electrons. The Hall–Kier alpha value is -0.930. The fourth-order valence-corrected chi connectivity index (χ4v) is 4.44. The molecule has 1 atom stereocenters. The maximum atomic E-state index is 14.3. The second-order valence-corrected chi connectivity index (χ2v) is 8.36. The average molecular weight is 400 g/mol. The summed E-state index contributed by atoms with van der Waals surface area (Å²) in [6.07, 6.45) is 0.613. The summed E-state index contributed by atoms with van der Waals surface area (Å²) >= 11 is 5.96. The molecule has 0 saturated carbocycles. The first-order valence-corrected chi connectivity index (χ1v) is 8.88. The van der Waals surface area contributed by atoms with E-state index >= 15 is 0 Å². The minimum absolute atomic E-state index is 0. The lowest BCUT2D eigenvalue weighted by molar-refractivity contribution is -0.114. The van der Waals surface area contributed by atoms with Crippen molar-refractivity contribution in [3.63, 3.8) is 0 Å². The number of nitrogens with zero attached hydrogens (tertiary/aromatic N) is 1. The number of carbonyl (C=O) groups is 1. The average Bonchev–Trinajstić information content (AvgIpc) is 2.86. The van der Waals surface area contributed by atoms with E-state index in [1.165, 1.54) is 11.2 Å². The molecule has 1 amide bonds. The number of benzene rings is 1. The highest BCUT2D eigenvalue weighted by Crippen LogP contribution is 2.35. The Morgan fingerprint density at radius 2 is 2.12 bits per heavy atom. The summed E-state index contributed by atoms with van der Waals surface area (Å²) in [5.41, 5.74) is 5.39. The van der Waals surface area contributed by atoms with E-state index < -0.39 is 26.6 Å². The van der Waals surface area contributed by atoms with Gasteiger partial charge in [0.25, 0.3) is 0 Å². The molecule has 1 aromatic rings. The standard InChI is InChI=1S/C14H19ClFN3O3S.ClH/c1-9(20)18-12-6-11(16)13(5-10(12)15)23(21,22)19-4-3-14(2,7-17)8-19;/h5-6H,3-4,7-8,17H2,1-2H3,(H,18,20);1H. The van der Waals surface area contributed by atoms with Crippen molar-refractivity contribution in [1.82, 2.24) is 4.31 Å². The minimum atomic E-state index is -4.01. The van der Waals surface area contributed by atoms with Crippen molar-refractivity contribution in [1.29, 1.82) is 0 Å². The van der Waals surface area contributed by atoms with E-state index in [2.05, 4.69) is 5.32 Å². The molecule has 6 nitrogen and oxygen atoms in total. The van der Waals surface area contributed by atoms with Crippen LogP contribution in [0.3, 0.4) is 0 Å². The highest BCUT2D eigenvalue weighted by molar-refractivity contribution is 7.89. The molecule has 0 aliphatic carbocycles. The van der Waals surface area contributed by atoms with Gasteiger partial charge in [0.05, 0.1) is 10.7 Å². The number of hydrogen-bond acceptors (Lipinski definition) is 4. The number of sulfonamides is 1. The third-order valence-electron chi connectivity index (χ3n) is 3.97. The van der Waals surface area contributed by atoms with Crippen molar-refractivity contribution in [3.05, 3.63) is 23.0 Å². The number of nitrogens with two attached hydrogens (primary N) is 1. The van der Waals surface area contributed by atoms with E-state index in [0.29, 0.717) is 13.0 Å². The largest absolute Gasteiger partial charge is 0.330 e. The van der Waals surface area contributed by atoms with Crippen LogP contribution < -0.4 is 11.1 Å². The maximum Gasteiger partial charge on any atom is 0.246 e. The first kappa shape index (κ1) is 21.1. The van der Waals surface area contributed by atoms with Gasteiger partial charge in [-0.3, -0.25) is 4.79 Å². The summed E-state index contributed by atoms with van der Waals surface area (Å²) in [6, 6.07) is 1.93. The molecular formula is C14H20Cl2FN3O3S. The second kappa shape index (κ2) is 7.53. The Bertz CT molecular complexity index is 745. The second-order valence-electron chi connectivity index (χ2n) is 6.05. The van der Waals surface area contributed by atoms with Crippen LogP contribution in [-0.2, 0) is 14.8 Å². The molecule has 10 heteroatoms. The van der Waals surface area contributed by atoms with Crippen LogP contribution in [0.1, 0.15) is 20.3 Å². The molecule has 1 fully saturated rings. The molecule has 1 heterocycles. The summed E-state index contributed by atoms with van der Waals surface area (Å²) in [5.74, 6) is -1.39. The van der Waals surface area contributed by atoms with Gasteiger partial charge in [0.1, 0.15) is 10.7 Å². The molecule has 136 valence electrons. The Kier molecular flexibility index (Phi) is 6.62. The molecule has 3 N–H and O–H groups in total. The van der Waals surface area contributed by atoms with Crippen molar-refractivity contribution < 1.29 is 17.6 Å². The van der Waals surface area contributed by atoms with Crippen LogP contribution in [0.25, 0.3) is 0 Å². The number of amides is 1. The Labute approximate surface area is 152 Å². The zero-order valence-corrected chi connectivity index (χ0v) is 15.7. The van der Waals surface area contributed by atoms with Crippen molar-refractivity contribution in [2.75, 3.05) is 25.0 Å². The minimum Gasteiger partial charge on any atom is -0.330 e. The van der Waals surface area contributed by atoms with Gasteiger partial charge in [-0.15, -0.1) is 12.4 Å². The van der Waals surface area contributed by atoms with Gasteiger partial charge in [0.2, 0.25) is 15.9 Å². The van der Waals surface area contributed by atoms with Crippen LogP contribution in [0, 0.1) is 11.2 Å². The van der Waals surface area contributed by atoms with Crippen molar-refractivity contribution in [3.8, 4) is 0 Å².